The van der Waals surface area contributed by atoms with E-state index in [0.29, 0.717) is 5.02 Å². The SMILES string of the molecule is CC(C)n1ncc(Cl)c1C(NN)c1cnn2ccccc12. The number of hydrogen-bond acceptors (Lipinski definition) is 4. The van der Waals surface area contributed by atoms with Crippen molar-refractivity contribution in [2.75, 3.05) is 0 Å². The molecule has 3 rings (SSSR count). The smallest absolute Gasteiger partial charge is 0.0930 e. The molecule has 7 heteroatoms. The summed E-state index contributed by atoms with van der Waals surface area (Å²) in [6, 6.07) is 5.80. The van der Waals surface area contributed by atoms with Crippen LogP contribution in [0, 0.1) is 0 Å². The van der Waals surface area contributed by atoms with Crippen molar-refractivity contribution in [2.45, 2.75) is 25.9 Å². The summed E-state index contributed by atoms with van der Waals surface area (Å²) < 4.78 is 3.68. The van der Waals surface area contributed by atoms with E-state index in [1.165, 1.54) is 0 Å². The van der Waals surface area contributed by atoms with Gasteiger partial charge < -0.3 is 0 Å². The maximum absolute atomic E-state index is 6.32. The van der Waals surface area contributed by atoms with Gasteiger partial charge in [-0.15, -0.1) is 0 Å². The largest absolute Gasteiger partial charge is 0.271 e. The Labute approximate surface area is 127 Å². The van der Waals surface area contributed by atoms with Gasteiger partial charge in [0, 0.05) is 17.8 Å². The van der Waals surface area contributed by atoms with Gasteiger partial charge in [-0.25, -0.2) is 9.94 Å². The highest BCUT2D eigenvalue weighted by Crippen LogP contribution is 2.31. The van der Waals surface area contributed by atoms with E-state index in [4.69, 9.17) is 17.4 Å². The quantitative estimate of drug-likeness (QED) is 0.573. The Kier molecular flexibility index (Phi) is 3.67. The van der Waals surface area contributed by atoms with Crippen LogP contribution in [-0.4, -0.2) is 19.4 Å². The van der Waals surface area contributed by atoms with Crippen LogP contribution in [0.25, 0.3) is 5.52 Å². The Bertz CT molecular complexity index is 760. The van der Waals surface area contributed by atoms with Crippen molar-refractivity contribution in [1.29, 1.82) is 0 Å². The number of hydrazine groups is 1. The summed E-state index contributed by atoms with van der Waals surface area (Å²) in [6.45, 7) is 4.10. The van der Waals surface area contributed by atoms with Crippen LogP contribution in [-0.2, 0) is 0 Å². The molecule has 0 spiro atoms. The molecule has 3 N–H and O–H groups in total. The number of nitrogens with zero attached hydrogens (tertiary/aromatic N) is 4. The van der Waals surface area contributed by atoms with E-state index in [1.807, 2.05) is 33.6 Å². The first-order valence-electron chi connectivity index (χ1n) is 6.74. The molecule has 1 unspecified atom stereocenters. The van der Waals surface area contributed by atoms with E-state index in [-0.39, 0.29) is 12.1 Å². The summed E-state index contributed by atoms with van der Waals surface area (Å²) in [5, 5.41) is 9.27. The Morgan fingerprint density at radius 1 is 1.24 bits per heavy atom. The van der Waals surface area contributed by atoms with Crippen LogP contribution in [0.1, 0.15) is 37.2 Å². The van der Waals surface area contributed by atoms with Gasteiger partial charge >= 0.3 is 0 Å². The van der Waals surface area contributed by atoms with Crippen LogP contribution in [0.15, 0.2) is 36.8 Å². The minimum absolute atomic E-state index is 0.185. The van der Waals surface area contributed by atoms with Gasteiger partial charge in [0.25, 0.3) is 0 Å². The van der Waals surface area contributed by atoms with Crippen molar-refractivity contribution in [3.8, 4) is 0 Å². The zero-order chi connectivity index (χ0) is 15.0. The molecular formula is C14H17ClN6. The van der Waals surface area contributed by atoms with Crippen LogP contribution in [0.2, 0.25) is 5.02 Å². The normalized spacial score (nSPS) is 13.2. The molecule has 0 bridgehead atoms. The predicted octanol–water partition coefficient (Wildman–Crippen LogP) is 2.32. The van der Waals surface area contributed by atoms with Crippen molar-refractivity contribution in [3.05, 3.63) is 53.1 Å². The van der Waals surface area contributed by atoms with Crippen molar-refractivity contribution < 1.29 is 0 Å². The third-order valence-electron chi connectivity index (χ3n) is 3.48. The van der Waals surface area contributed by atoms with Gasteiger partial charge in [-0.05, 0) is 26.0 Å². The molecule has 110 valence electrons. The number of pyridine rings is 1. The third-order valence-corrected chi connectivity index (χ3v) is 3.77. The maximum Gasteiger partial charge on any atom is 0.0930 e. The van der Waals surface area contributed by atoms with Gasteiger partial charge in [0.15, 0.2) is 0 Å². The standard InChI is InChI=1S/C14H17ClN6/c1-9(2)21-14(11(15)8-18-21)13(19-16)10-7-17-20-6-4-3-5-12(10)20/h3-9,13,19H,16H2,1-2H3. The average molecular weight is 305 g/mol. The molecule has 0 aliphatic carbocycles. The van der Waals surface area contributed by atoms with Gasteiger partial charge in [-0.1, -0.05) is 17.7 Å². The molecule has 0 radical (unpaired) electrons. The fourth-order valence-electron chi connectivity index (χ4n) is 2.53. The lowest BCUT2D eigenvalue weighted by molar-refractivity contribution is 0.477. The first-order valence-corrected chi connectivity index (χ1v) is 7.12. The lowest BCUT2D eigenvalue weighted by Gasteiger charge is -2.19. The van der Waals surface area contributed by atoms with Crippen LogP contribution in [0.5, 0.6) is 0 Å². The lowest BCUT2D eigenvalue weighted by Crippen LogP contribution is -2.31. The summed E-state index contributed by atoms with van der Waals surface area (Å²) in [5.74, 6) is 5.80. The highest BCUT2D eigenvalue weighted by Gasteiger charge is 2.25. The van der Waals surface area contributed by atoms with E-state index in [1.54, 1.807) is 12.4 Å². The highest BCUT2D eigenvalue weighted by atomic mass is 35.5. The summed E-state index contributed by atoms with van der Waals surface area (Å²) in [6.07, 6.45) is 5.34. The van der Waals surface area contributed by atoms with Gasteiger partial charge in [0.2, 0.25) is 0 Å². The zero-order valence-electron chi connectivity index (χ0n) is 11.9. The summed E-state index contributed by atoms with van der Waals surface area (Å²) >= 11 is 6.32. The Hall–Kier alpha value is -1.89. The van der Waals surface area contributed by atoms with E-state index >= 15 is 0 Å². The van der Waals surface area contributed by atoms with Gasteiger partial charge in [0.1, 0.15) is 0 Å². The van der Waals surface area contributed by atoms with Crippen molar-refractivity contribution in [1.82, 2.24) is 24.8 Å². The average Bonchev–Trinajstić information content (AvgIpc) is 3.06. The predicted molar refractivity (Wildman–Crippen MR) is 82.0 cm³/mol. The molecule has 0 aliphatic heterocycles. The van der Waals surface area contributed by atoms with Gasteiger partial charge in [-0.3, -0.25) is 10.5 Å². The molecule has 21 heavy (non-hydrogen) atoms. The molecule has 3 aromatic heterocycles. The topological polar surface area (TPSA) is 73.2 Å². The molecule has 0 saturated carbocycles. The molecule has 3 heterocycles. The van der Waals surface area contributed by atoms with Crippen LogP contribution < -0.4 is 11.3 Å². The number of fused-ring (bicyclic) bond motifs is 1. The minimum Gasteiger partial charge on any atom is -0.271 e. The molecule has 0 aliphatic rings. The minimum atomic E-state index is -0.276. The second-order valence-electron chi connectivity index (χ2n) is 5.15. The molecule has 0 amide bonds. The summed E-state index contributed by atoms with van der Waals surface area (Å²) in [5.41, 5.74) is 5.62. The first kappa shape index (κ1) is 14.1. The molecule has 0 aromatic carbocycles. The van der Waals surface area contributed by atoms with E-state index in [2.05, 4.69) is 29.5 Å². The number of hydrogen-bond donors (Lipinski definition) is 2. The lowest BCUT2D eigenvalue weighted by atomic mass is 10.1. The second-order valence-corrected chi connectivity index (χ2v) is 5.55. The molecule has 0 fully saturated rings. The number of aromatic nitrogens is 4. The Morgan fingerprint density at radius 3 is 2.76 bits per heavy atom. The van der Waals surface area contributed by atoms with Crippen molar-refractivity contribution in [2.24, 2.45) is 5.84 Å². The maximum atomic E-state index is 6.32. The molecule has 0 saturated heterocycles. The van der Waals surface area contributed by atoms with E-state index in [9.17, 15) is 0 Å². The van der Waals surface area contributed by atoms with E-state index < -0.39 is 0 Å². The van der Waals surface area contributed by atoms with Crippen LogP contribution in [0.4, 0.5) is 0 Å². The van der Waals surface area contributed by atoms with Gasteiger partial charge in [0.05, 0.1) is 34.7 Å². The number of nitrogens with one attached hydrogen (secondary N) is 1. The Morgan fingerprint density at radius 2 is 2.05 bits per heavy atom. The summed E-state index contributed by atoms with van der Waals surface area (Å²) in [4.78, 5) is 0. The molecular weight excluding hydrogens is 288 g/mol. The molecule has 3 aromatic rings. The number of halogens is 1. The highest BCUT2D eigenvalue weighted by molar-refractivity contribution is 6.31. The second kappa shape index (κ2) is 5.48. The van der Waals surface area contributed by atoms with Crippen LogP contribution >= 0.6 is 11.6 Å². The van der Waals surface area contributed by atoms with Crippen LogP contribution in [0.3, 0.4) is 0 Å². The monoisotopic (exact) mass is 304 g/mol. The fraction of sp³-hybridized carbons (Fsp3) is 0.286. The van der Waals surface area contributed by atoms with E-state index in [0.717, 1.165) is 16.8 Å². The summed E-state index contributed by atoms with van der Waals surface area (Å²) in [7, 11) is 0. The molecule has 1 atom stereocenters. The third kappa shape index (κ3) is 2.31. The Balaban J connectivity index is 2.17. The van der Waals surface area contributed by atoms with Crippen molar-refractivity contribution in [3.63, 3.8) is 0 Å². The number of rotatable bonds is 4. The number of nitrogens with two attached hydrogens (primary N) is 1. The van der Waals surface area contributed by atoms with Crippen molar-refractivity contribution >= 4 is 17.1 Å². The molecule has 6 nitrogen and oxygen atoms in total. The zero-order valence-corrected chi connectivity index (χ0v) is 12.6. The van der Waals surface area contributed by atoms with Gasteiger partial charge in [-0.2, -0.15) is 10.2 Å². The first-order chi connectivity index (χ1) is 10.1. The fourth-order valence-corrected chi connectivity index (χ4v) is 2.76.